The van der Waals surface area contributed by atoms with Crippen LogP contribution in [-0.4, -0.2) is 28.0 Å². The summed E-state index contributed by atoms with van der Waals surface area (Å²) in [6.07, 6.45) is 2.36. The van der Waals surface area contributed by atoms with Crippen LogP contribution in [0.5, 0.6) is 0 Å². The number of nitrogens with one attached hydrogen (secondary N) is 1. The first-order valence-electron chi connectivity index (χ1n) is 6.15. The van der Waals surface area contributed by atoms with E-state index < -0.39 is 8.72 Å². The fourth-order valence-corrected chi connectivity index (χ4v) is 4.97. The van der Waals surface area contributed by atoms with Gasteiger partial charge in [-0.05, 0) is 19.9 Å². The lowest BCUT2D eigenvalue weighted by Crippen LogP contribution is -2.58. The quantitative estimate of drug-likeness (QED) is 0.621. The average Bonchev–Trinajstić information content (AvgIpc) is 2.14. The molecule has 0 saturated carbocycles. The summed E-state index contributed by atoms with van der Waals surface area (Å²) >= 11 is 0. The van der Waals surface area contributed by atoms with Gasteiger partial charge in [0.05, 0.1) is 0 Å². The molecule has 0 unspecified atom stereocenters. The Morgan fingerprint density at radius 1 is 1.07 bits per heavy atom. The first-order valence-corrected chi connectivity index (χ1v) is 8.18. The zero-order valence-electron chi connectivity index (χ0n) is 10.9. The van der Waals surface area contributed by atoms with Crippen molar-refractivity contribution in [1.82, 2.24) is 4.98 Å². The van der Waals surface area contributed by atoms with Crippen molar-refractivity contribution in [3.05, 3.63) is 0 Å². The number of hydrogen-bond donors (Lipinski definition) is 1. The van der Waals surface area contributed by atoms with Gasteiger partial charge in [-0.1, -0.05) is 33.6 Å². The molecule has 0 aromatic carbocycles. The van der Waals surface area contributed by atoms with E-state index in [0.717, 1.165) is 19.3 Å². The zero-order chi connectivity index (χ0) is 11.7. The monoisotopic (exact) mass is 233 g/mol. The standard InChI is InChI=1S/C11H27NO2Si/c1-6-9-10-15(13-7-2,14-8-3)12-11(4)5/h11-12H,6-10H2,1-5H3. The molecular weight excluding hydrogens is 206 g/mol. The molecule has 0 aliphatic heterocycles. The van der Waals surface area contributed by atoms with Crippen molar-refractivity contribution in [2.45, 2.75) is 59.5 Å². The van der Waals surface area contributed by atoms with Crippen LogP contribution in [0.15, 0.2) is 0 Å². The SMILES string of the molecule is CCCC[Si](NC(C)C)(OCC)OCC. The van der Waals surface area contributed by atoms with Crippen LogP contribution in [0.3, 0.4) is 0 Å². The summed E-state index contributed by atoms with van der Waals surface area (Å²) in [5, 5.41) is 0. The highest BCUT2D eigenvalue weighted by atomic mass is 28.4. The highest BCUT2D eigenvalue weighted by Crippen LogP contribution is 2.15. The molecule has 0 heterocycles. The Balaban J connectivity index is 4.40. The van der Waals surface area contributed by atoms with Gasteiger partial charge in [-0.3, -0.25) is 4.98 Å². The molecule has 0 aromatic heterocycles. The molecule has 0 aliphatic carbocycles. The predicted molar refractivity (Wildman–Crippen MR) is 67.0 cm³/mol. The lowest BCUT2D eigenvalue weighted by atomic mass is 10.4. The Hall–Kier alpha value is 0.0969. The second kappa shape index (κ2) is 8.27. The van der Waals surface area contributed by atoms with E-state index in [1.807, 2.05) is 13.8 Å². The maximum atomic E-state index is 5.89. The molecule has 0 aromatic rings. The van der Waals surface area contributed by atoms with Crippen molar-refractivity contribution in [2.24, 2.45) is 0 Å². The van der Waals surface area contributed by atoms with Gasteiger partial charge in [-0.15, -0.1) is 0 Å². The molecule has 0 amide bonds. The van der Waals surface area contributed by atoms with Crippen molar-refractivity contribution in [2.75, 3.05) is 13.2 Å². The minimum absolute atomic E-state index is 0.423. The Labute approximate surface area is 95.9 Å². The van der Waals surface area contributed by atoms with E-state index in [2.05, 4.69) is 25.8 Å². The van der Waals surface area contributed by atoms with Gasteiger partial charge in [0, 0.05) is 19.3 Å². The molecule has 0 fully saturated rings. The summed E-state index contributed by atoms with van der Waals surface area (Å²) in [4.78, 5) is 3.52. The molecule has 0 aliphatic rings. The summed E-state index contributed by atoms with van der Waals surface area (Å²) in [7, 11) is -2.13. The van der Waals surface area contributed by atoms with Gasteiger partial charge in [0.1, 0.15) is 0 Å². The van der Waals surface area contributed by atoms with Crippen LogP contribution < -0.4 is 4.98 Å². The van der Waals surface area contributed by atoms with Crippen LogP contribution in [0, 0.1) is 0 Å². The third-order valence-electron chi connectivity index (χ3n) is 2.12. The molecule has 1 N–H and O–H groups in total. The minimum Gasteiger partial charge on any atom is -0.383 e. The maximum Gasteiger partial charge on any atom is 0.425 e. The van der Waals surface area contributed by atoms with Crippen molar-refractivity contribution in [1.29, 1.82) is 0 Å². The van der Waals surface area contributed by atoms with E-state index in [1.165, 1.54) is 12.8 Å². The summed E-state index contributed by atoms with van der Waals surface area (Å²) in [5.41, 5.74) is 0. The van der Waals surface area contributed by atoms with E-state index in [-0.39, 0.29) is 0 Å². The first kappa shape index (κ1) is 15.1. The summed E-state index contributed by atoms with van der Waals surface area (Å²) < 4.78 is 11.8. The predicted octanol–water partition coefficient (Wildman–Crippen LogP) is 2.80. The van der Waals surface area contributed by atoms with E-state index in [4.69, 9.17) is 8.85 Å². The molecule has 4 heteroatoms. The Morgan fingerprint density at radius 2 is 1.60 bits per heavy atom. The van der Waals surface area contributed by atoms with Crippen LogP contribution in [0.2, 0.25) is 6.04 Å². The molecule has 0 saturated heterocycles. The fourth-order valence-electron chi connectivity index (χ4n) is 1.66. The molecule has 3 nitrogen and oxygen atoms in total. The Kier molecular flexibility index (Phi) is 8.33. The van der Waals surface area contributed by atoms with Crippen molar-refractivity contribution >= 4 is 8.72 Å². The first-order chi connectivity index (χ1) is 7.10. The normalized spacial score (nSPS) is 12.4. The minimum atomic E-state index is -2.13. The summed E-state index contributed by atoms with van der Waals surface area (Å²) in [6.45, 7) is 12.0. The van der Waals surface area contributed by atoms with Gasteiger partial charge in [0.15, 0.2) is 0 Å². The molecular formula is C11H27NO2Si. The largest absolute Gasteiger partial charge is 0.425 e. The second-order valence-corrected chi connectivity index (χ2v) is 6.89. The van der Waals surface area contributed by atoms with Gasteiger partial charge >= 0.3 is 8.72 Å². The second-order valence-electron chi connectivity index (χ2n) is 4.02. The highest BCUT2D eigenvalue weighted by molar-refractivity contribution is 6.64. The molecule has 92 valence electrons. The third kappa shape index (κ3) is 6.30. The molecule has 0 radical (unpaired) electrons. The lowest BCUT2D eigenvalue weighted by Gasteiger charge is -2.32. The smallest absolute Gasteiger partial charge is 0.383 e. The summed E-state index contributed by atoms with van der Waals surface area (Å²) in [6, 6.07) is 1.47. The Bertz CT molecular complexity index is 148. The van der Waals surface area contributed by atoms with Gasteiger partial charge in [-0.2, -0.15) is 0 Å². The van der Waals surface area contributed by atoms with Crippen LogP contribution >= 0.6 is 0 Å². The zero-order valence-corrected chi connectivity index (χ0v) is 11.9. The maximum absolute atomic E-state index is 5.89. The lowest BCUT2D eigenvalue weighted by molar-refractivity contribution is 0.167. The van der Waals surface area contributed by atoms with E-state index in [0.29, 0.717) is 6.04 Å². The fraction of sp³-hybridized carbons (Fsp3) is 1.00. The number of unbranched alkanes of at least 4 members (excludes halogenated alkanes) is 1. The average molecular weight is 233 g/mol. The van der Waals surface area contributed by atoms with E-state index in [9.17, 15) is 0 Å². The number of hydrogen-bond acceptors (Lipinski definition) is 3. The summed E-state index contributed by atoms with van der Waals surface area (Å²) in [5.74, 6) is 0. The van der Waals surface area contributed by atoms with Crippen LogP contribution in [-0.2, 0) is 8.85 Å². The van der Waals surface area contributed by atoms with Gasteiger partial charge in [0.2, 0.25) is 0 Å². The van der Waals surface area contributed by atoms with Crippen molar-refractivity contribution in [3.8, 4) is 0 Å². The molecule has 0 bridgehead atoms. The number of rotatable bonds is 9. The molecule has 0 atom stereocenters. The van der Waals surface area contributed by atoms with Crippen molar-refractivity contribution < 1.29 is 8.85 Å². The highest BCUT2D eigenvalue weighted by Gasteiger charge is 2.37. The molecule has 15 heavy (non-hydrogen) atoms. The molecule has 0 rings (SSSR count). The van der Waals surface area contributed by atoms with Gasteiger partial charge in [0.25, 0.3) is 0 Å². The topological polar surface area (TPSA) is 30.5 Å². The van der Waals surface area contributed by atoms with Crippen LogP contribution in [0.4, 0.5) is 0 Å². The Morgan fingerprint density at radius 3 is 1.93 bits per heavy atom. The van der Waals surface area contributed by atoms with Gasteiger partial charge < -0.3 is 8.85 Å². The van der Waals surface area contributed by atoms with Gasteiger partial charge in [-0.25, -0.2) is 0 Å². The third-order valence-corrected chi connectivity index (χ3v) is 5.66. The van der Waals surface area contributed by atoms with E-state index >= 15 is 0 Å². The van der Waals surface area contributed by atoms with Crippen LogP contribution in [0.25, 0.3) is 0 Å². The molecule has 0 spiro atoms. The van der Waals surface area contributed by atoms with Crippen molar-refractivity contribution in [3.63, 3.8) is 0 Å². The van der Waals surface area contributed by atoms with Crippen LogP contribution in [0.1, 0.15) is 47.5 Å². The van der Waals surface area contributed by atoms with E-state index in [1.54, 1.807) is 0 Å².